The Labute approximate surface area is 146 Å². The highest BCUT2D eigenvalue weighted by Crippen LogP contribution is 2.07. The number of benzene rings is 1. The minimum absolute atomic E-state index is 0. The van der Waals surface area contributed by atoms with Crippen LogP contribution in [-0.2, 0) is 16.1 Å². The van der Waals surface area contributed by atoms with Crippen molar-refractivity contribution in [3.05, 3.63) is 35.9 Å². The maximum absolute atomic E-state index is 5.65. The Hall–Kier alpha value is -1.05. The van der Waals surface area contributed by atoms with Gasteiger partial charge in [-0.1, -0.05) is 48.6 Å². The third-order valence-electron chi connectivity index (χ3n) is 3.76. The molecule has 0 bridgehead atoms. The van der Waals surface area contributed by atoms with Crippen molar-refractivity contribution < 1.29 is 9.47 Å². The van der Waals surface area contributed by atoms with E-state index in [2.05, 4.69) is 28.9 Å². The monoisotopic (exact) mass is 337 g/mol. The zero-order valence-electron chi connectivity index (χ0n) is 14.0. The van der Waals surface area contributed by atoms with Crippen molar-refractivity contribution in [2.75, 3.05) is 32.8 Å². The van der Waals surface area contributed by atoms with Crippen molar-refractivity contribution in [3.63, 3.8) is 0 Å². The van der Waals surface area contributed by atoms with Gasteiger partial charge in [0.2, 0.25) is 0 Å². The van der Waals surface area contributed by atoms with Gasteiger partial charge in [0.25, 0.3) is 0 Å². The molecule has 1 aromatic carbocycles. The predicted octanol–water partition coefficient (Wildman–Crippen LogP) is 3.52. The van der Waals surface area contributed by atoms with Crippen LogP contribution in [0.2, 0.25) is 0 Å². The van der Waals surface area contributed by atoms with Crippen LogP contribution in [0, 0.1) is 11.8 Å². The van der Waals surface area contributed by atoms with E-state index in [0.29, 0.717) is 19.8 Å². The molecule has 1 fully saturated rings. The maximum Gasteiger partial charge on any atom is 0.115 e. The number of hydrogen-bond acceptors (Lipinski definition) is 3. The molecule has 1 heterocycles. The Bertz CT molecular complexity index is 463. The molecule has 1 aromatic rings. The van der Waals surface area contributed by atoms with E-state index in [1.165, 1.54) is 37.9 Å². The van der Waals surface area contributed by atoms with Gasteiger partial charge in [0.1, 0.15) is 6.10 Å². The smallest absolute Gasteiger partial charge is 0.115 e. The molecule has 2 rings (SSSR count). The fraction of sp³-hybridized carbons (Fsp3) is 0.579. The highest BCUT2D eigenvalue weighted by Gasteiger charge is 2.07. The van der Waals surface area contributed by atoms with Gasteiger partial charge in [-0.2, -0.15) is 0 Å². The molecule has 0 aliphatic carbocycles. The number of rotatable bonds is 7. The molecule has 1 unspecified atom stereocenters. The average Bonchev–Trinajstić information content (AvgIpc) is 2.56. The number of likely N-dealkylation sites (tertiary alicyclic amines) is 1. The first-order valence-electron chi connectivity index (χ1n) is 8.28. The van der Waals surface area contributed by atoms with Crippen LogP contribution in [0.3, 0.4) is 0 Å². The Morgan fingerprint density at radius 1 is 1.09 bits per heavy atom. The van der Waals surface area contributed by atoms with Crippen LogP contribution in [0.4, 0.5) is 0 Å². The quantitative estimate of drug-likeness (QED) is 0.561. The van der Waals surface area contributed by atoms with E-state index in [1.807, 2.05) is 25.1 Å². The molecule has 1 saturated heterocycles. The third kappa shape index (κ3) is 8.98. The molecule has 4 heteroatoms. The Morgan fingerprint density at radius 2 is 1.83 bits per heavy atom. The van der Waals surface area contributed by atoms with E-state index in [1.54, 1.807) is 0 Å². The summed E-state index contributed by atoms with van der Waals surface area (Å²) in [5.41, 5.74) is 1.19. The van der Waals surface area contributed by atoms with Crippen LogP contribution in [-0.4, -0.2) is 43.9 Å². The molecule has 0 aromatic heterocycles. The molecule has 0 saturated carbocycles. The summed E-state index contributed by atoms with van der Waals surface area (Å²) < 4.78 is 11.2. The van der Waals surface area contributed by atoms with Crippen LogP contribution >= 0.6 is 12.4 Å². The number of ether oxygens (including phenoxy) is 2. The molecule has 0 spiro atoms. The molecule has 1 aliphatic heterocycles. The van der Waals surface area contributed by atoms with Gasteiger partial charge in [-0.25, -0.2) is 0 Å². The van der Waals surface area contributed by atoms with Crippen molar-refractivity contribution in [2.24, 2.45) is 0 Å². The first-order chi connectivity index (χ1) is 10.8. The maximum atomic E-state index is 5.65. The van der Waals surface area contributed by atoms with Crippen LogP contribution in [0.25, 0.3) is 0 Å². The molecule has 1 atom stereocenters. The zero-order chi connectivity index (χ0) is 15.5. The van der Waals surface area contributed by atoms with Crippen molar-refractivity contribution in [3.8, 4) is 11.8 Å². The second-order valence-electron chi connectivity index (χ2n) is 5.71. The molecule has 0 N–H and O–H groups in total. The first-order valence-corrected chi connectivity index (χ1v) is 8.28. The topological polar surface area (TPSA) is 21.7 Å². The minimum atomic E-state index is -0.0230. The van der Waals surface area contributed by atoms with E-state index >= 15 is 0 Å². The summed E-state index contributed by atoms with van der Waals surface area (Å²) in [6, 6.07) is 10.2. The van der Waals surface area contributed by atoms with E-state index in [-0.39, 0.29) is 18.5 Å². The molecular weight excluding hydrogens is 310 g/mol. The normalized spacial score (nSPS) is 16.0. The molecule has 3 nitrogen and oxygen atoms in total. The Balaban J connectivity index is 0.00000264. The largest absolute Gasteiger partial charge is 0.374 e. The van der Waals surface area contributed by atoms with Crippen molar-refractivity contribution in [1.82, 2.24) is 4.90 Å². The lowest BCUT2D eigenvalue weighted by molar-refractivity contribution is 0.0265. The van der Waals surface area contributed by atoms with Crippen LogP contribution < -0.4 is 0 Å². The molecular formula is C19H28ClNO2. The minimum Gasteiger partial charge on any atom is -0.374 e. The average molecular weight is 338 g/mol. The van der Waals surface area contributed by atoms with Crippen molar-refractivity contribution in [2.45, 2.75) is 38.9 Å². The second-order valence-corrected chi connectivity index (χ2v) is 5.71. The fourth-order valence-electron chi connectivity index (χ4n) is 2.51. The standard InChI is InChI=1S/C19H27NO2.ClH/c1-18(9-8-14-20-12-6-3-7-13-20)22-16-15-21-17-19-10-4-2-5-11-19;/h2,4-5,10-11,18H,3,6-7,12-17H2,1H3;1H. The fourth-order valence-corrected chi connectivity index (χ4v) is 2.51. The number of nitrogens with zero attached hydrogens (tertiary/aromatic N) is 1. The van der Waals surface area contributed by atoms with Crippen molar-refractivity contribution in [1.29, 1.82) is 0 Å². The van der Waals surface area contributed by atoms with Gasteiger partial charge in [0.15, 0.2) is 0 Å². The lowest BCUT2D eigenvalue weighted by atomic mass is 10.1. The lowest BCUT2D eigenvalue weighted by Crippen LogP contribution is -2.30. The van der Waals surface area contributed by atoms with Gasteiger partial charge >= 0.3 is 0 Å². The summed E-state index contributed by atoms with van der Waals surface area (Å²) in [5, 5.41) is 0. The van der Waals surface area contributed by atoms with Gasteiger partial charge in [-0.15, -0.1) is 12.4 Å². The highest BCUT2D eigenvalue weighted by molar-refractivity contribution is 5.85. The Kier molecular flexibility index (Phi) is 10.8. The zero-order valence-corrected chi connectivity index (χ0v) is 14.8. The van der Waals surface area contributed by atoms with Gasteiger partial charge in [0.05, 0.1) is 26.4 Å². The van der Waals surface area contributed by atoms with E-state index in [0.717, 1.165) is 6.54 Å². The second kappa shape index (κ2) is 12.4. The van der Waals surface area contributed by atoms with E-state index < -0.39 is 0 Å². The molecule has 128 valence electrons. The van der Waals surface area contributed by atoms with Gasteiger partial charge in [0, 0.05) is 0 Å². The summed E-state index contributed by atoms with van der Waals surface area (Å²) in [5.74, 6) is 6.40. The van der Waals surface area contributed by atoms with Crippen LogP contribution in [0.1, 0.15) is 31.7 Å². The summed E-state index contributed by atoms with van der Waals surface area (Å²) in [7, 11) is 0. The molecule has 0 amide bonds. The Morgan fingerprint density at radius 3 is 2.57 bits per heavy atom. The summed E-state index contributed by atoms with van der Waals surface area (Å²) >= 11 is 0. The van der Waals surface area contributed by atoms with Gasteiger partial charge < -0.3 is 9.47 Å². The SMILES string of the molecule is CC(C#CCN1CCCCC1)OCCOCc1ccccc1.Cl. The van der Waals surface area contributed by atoms with Gasteiger partial charge in [-0.3, -0.25) is 4.90 Å². The van der Waals surface area contributed by atoms with Crippen LogP contribution in [0.5, 0.6) is 0 Å². The third-order valence-corrected chi connectivity index (χ3v) is 3.76. The lowest BCUT2D eigenvalue weighted by Gasteiger charge is -2.23. The first kappa shape index (κ1) is 20.0. The molecule has 23 heavy (non-hydrogen) atoms. The molecule has 0 radical (unpaired) electrons. The highest BCUT2D eigenvalue weighted by atomic mass is 35.5. The number of hydrogen-bond donors (Lipinski definition) is 0. The molecule has 1 aliphatic rings. The predicted molar refractivity (Wildman–Crippen MR) is 96.8 cm³/mol. The summed E-state index contributed by atoms with van der Waals surface area (Å²) in [6.45, 7) is 7.09. The van der Waals surface area contributed by atoms with Crippen molar-refractivity contribution >= 4 is 12.4 Å². The van der Waals surface area contributed by atoms with E-state index in [9.17, 15) is 0 Å². The van der Waals surface area contributed by atoms with E-state index in [4.69, 9.17) is 9.47 Å². The number of halogens is 1. The summed E-state index contributed by atoms with van der Waals surface area (Å²) in [6.07, 6.45) is 3.97. The van der Waals surface area contributed by atoms with Crippen LogP contribution in [0.15, 0.2) is 30.3 Å². The summed E-state index contributed by atoms with van der Waals surface area (Å²) in [4.78, 5) is 2.42. The number of piperidine rings is 1. The van der Waals surface area contributed by atoms with Gasteiger partial charge in [-0.05, 0) is 38.4 Å².